The number of hydrogen-bond donors (Lipinski definition) is 1. The molecule has 1 saturated carbocycles. The van der Waals surface area contributed by atoms with E-state index < -0.39 is 51.6 Å². The molecule has 2 atom stereocenters. The third kappa shape index (κ3) is 5.16. The van der Waals surface area contributed by atoms with Gasteiger partial charge in [-0.2, -0.15) is 0 Å². The summed E-state index contributed by atoms with van der Waals surface area (Å²) in [6.07, 6.45) is -2.91. The maximum absolute atomic E-state index is 13.9. The van der Waals surface area contributed by atoms with E-state index in [1.165, 1.54) is 54.4 Å². The highest BCUT2D eigenvalue weighted by atomic mass is 35.5. The van der Waals surface area contributed by atoms with Crippen LogP contribution in [-0.2, 0) is 4.79 Å². The Morgan fingerprint density at radius 2 is 1.64 bits per heavy atom. The third-order valence-corrected chi connectivity index (χ3v) is 7.14. The number of rotatable bonds is 6. The van der Waals surface area contributed by atoms with Gasteiger partial charge in [0.05, 0.1) is 16.5 Å². The van der Waals surface area contributed by atoms with Crippen LogP contribution in [0.2, 0.25) is 5.02 Å². The molecule has 3 aromatic rings. The topological polar surface area (TPSA) is 49.4 Å². The molecule has 2 amide bonds. The van der Waals surface area contributed by atoms with Gasteiger partial charge in [0, 0.05) is 29.9 Å². The summed E-state index contributed by atoms with van der Waals surface area (Å²) >= 11 is 18.7. The van der Waals surface area contributed by atoms with Gasteiger partial charge in [0.25, 0.3) is 12.3 Å². The Balaban J connectivity index is 1.54. The zero-order chi connectivity index (χ0) is 26.4. The van der Waals surface area contributed by atoms with Crippen LogP contribution < -0.4 is 10.2 Å². The van der Waals surface area contributed by atoms with Crippen molar-refractivity contribution in [3.63, 3.8) is 0 Å². The number of anilines is 2. The van der Waals surface area contributed by atoms with Crippen molar-refractivity contribution in [3.05, 3.63) is 94.0 Å². The second-order valence-corrected chi connectivity index (χ2v) is 10.1. The second-order valence-electron chi connectivity index (χ2n) is 8.27. The zero-order valence-electron chi connectivity index (χ0n) is 18.4. The van der Waals surface area contributed by atoms with E-state index in [9.17, 15) is 27.2 Å². The first kappa shape index (κ1) is 26.3. The summed E-state index contributed by atoms with van der Waals surface area (Å²) in [5.41, 5.74) is 0.195. The molecule has 1 aliphatic rings. The molecule has 0 bridgehead atoms. The number of halogens is 7. The van der Waals surface area contributed by atoms with Crippen molar-refractivity contribution in [1.82, 2.24) is 0 Å². The van der Waals surface area contributed by atoms with Crippen LogP contribution in [-0.4, -0.2) is 23.2 Å². The van der Waals surface area contributed by atoms with Crippen molar-refractivity contribution in [1.29, 1.82) is 0 Å². The Morgan fingerprint density at radius 1 is 0.972 bits per heavy atom. The lowest BCUT2D eigenvalue weighted by molar-refractivity contribution is -0.117. The minimum Gasteiger partial charge on any atom is -0.326 e. The Labute approximate surface area is 218 Å². The molecular formula is C25H17Cl3F4N2O2. The smallest absolute Gasteiger partial charge is 0.263 e. The summed E-state index contributed by atoms with van der Waals surface area (Å²) in [7, 11) is 1.48. The summed E-state index contributed by atoms with van der Waals surface area (Å²) in [6.45, 7) is 0. The van der Waals surface area contributed by atoms with Gasteiger partial charge in [-0.25, -0.2) is 17.6 Å². The molecule has 0 heterocycles. The lowest BCUT2D eigenvalue weighted by atomic mass is 10.0. The van der Waals surface area contributed by atoms with Gasteiger partial charge in [-0.15, -0.1) is 23.2 Å². The number of alkyl halides is 4. The van der Waals surface area contributed by atoms with E-state index in [-0.39, 0.29) is 21.8 Å². The molecule has 0 aliphatic heterocycles. The Hall–Kier alpha value is -2.81. The van der Waals surface area contributed by atoms with Gasteiger partial charge in [0.2, 0.25) is 5.91 Å². The monoisotopic (exact) mass is 558 g/mol. The lowest BCUT2D eigenvalue weighted by Gasteiger charge is -2.18. The Bertz CT molecular complexity index is 1340. The summed E-state index contributed by atoms with van der Waals surface area (Å²) in [4.78, 5) is 27.2. The molecule has 1 aliphatic carbocycles. The Morgan fingerprint density at radius 3 is 2.28 bits per heavy atom. The molecule has 36 heavy (non-hydrogen) atoms. The fraction of sp³-hybridized carbons (Fsp3) is 0.200. The molecule has 188 valence electrons. The highest BCUT2D eigenvalue weighted by molar-refractivity contribution is 6.53. The van der Waals surface area contributed by atoms with Gasteiger partial charge >= 0.3 is 0 Å². The van der Waals surface area contributed by atoms with Crippen LogP contribution >= 0.6 is 34.8 Å². The first-order valence-corrected chi connectivity index (χ1v) is 11.6. The predicted octanol–water partition coefficient (Wildman–Crippen LogP) is 7.36. The SMILES string of the molecule is CN(C(=O)c1cc(NC(=O)[C@H]2[C@H](c3cc(F)cc(C(F)F)c3)C2(Cl)Cl)ccc1Cl)c1ccc(F)cc1. The number of benzene rings is 3. The summed E-state index contributed by atoms with van der Waals surface area (Å²) in [6, 6.07) is 12.2. The number of nitrogens with one attached hydrogen (secondary N) is 1. The number of nitrogens with zero attached hydrogens (tertiary/aromatic N) is 1. The Kier molecular flexibility index (Phi) is 7.23. The fourth-order valence-electron chi connectivity index (χ4n) is 3.96. The van der Waals surface area contributed by atoms with Crippen molar-refractivity contribution < 1.29 is 27.2 Å². The van der Waals surface area contributed by atoms with Crippen molar-refractivity contribution >= 4 is 58.0 Å². The van der Waals surface area contributed by atoms with Crippen LogP contribution in [0.4, 0.5) is 28.9 Å². The van der Waals surface area contributed by atoms with Gasteiger partial charge < -0.3 is 10.2 Å². The number of amides is 2. The van der Waals surface area contributed by atoms with Crippen LogP contribution in [0, 0.1) is 17.6 Å². The molecule has 0 aromatic heterocycles. The molecule has 11 heteroatoms. The van der Waals surface area contributed by atoms with E-state index in [1.54, 1.807) is 0 Å². The van der Waals surface area contributed by atoms with Crippen molar-refractivity contribution in [3.8, 4) is 0 Å². The van der Waals surface area contributed by atoms with Gasteiger partial charge in [-0.05, 0) is 66.2 Å². The quantitative estimate of drug-likeness (QED) is 0.253. The maximum Gasteiger partial charge on any atom is 0.263 e. The van der Waals surface area contributed by atoms with Crippen LogP contribution in [0.5, 0.6) is 0 Å². The van der Waals surface area contributed by atoms with Gasteiger partial charge in [-0.3, -0.25) is 9.59 Å². The van der Waals surface area contributed by atoms with E-state index >= 15 is 0 Å². The van der Waals surface area contributed by atoms with Gasteiger partial charge in [0.15, 0.2) is 0 Å². The molecule has 0 spiro atoms. The molecule has 0 unspecified atom stereocenters. The number of carbonyl (C=O) groups excluding carboxylic acids is 2. The average Bonchev–Trinajstić information content (AvgIpc) is 3.41. The van der Waals surface area contributed by atoms with Gasteiger partial charge in [-0.1, -0.05) is 11.6 Å². The molecular weight excluding hydrogens is 543 g/mol. The summed E-state index contributed by atoms with van der Waals surface area (Å²) in [5, 5.41) is 2.70. The van der Waals surface area contributed by atoms with Crippen molar-refractivity contribution in [2.24, 2.45) is 5.92 Å². The van der Waals surface area contributed by atoms with Crippen LogP contribution in [0.15, 0.2) is 60.7 Å². The van der Waals surface area contributed by atoms with Crippen LogP contribution in [0.3, 0.4) is 0 Å². The highest BCUT2D eigenvalue weighted by Gasteiger charge is 2.67. The fourth-order valence-corrected chi connectivity index (χ4v) is 4.99. The molecule has 3 aromatic carbocycles. The average molecular weight is 560 g/mol. The molecule has 1 fully saturated rings. The minimum atomic E-state index is -2.91. The molecule has 0 saturated heterocycles. The lowest BCUT2D eigenvalue weighted by Crippen LogP contribution is -2.26. The van der Waals surface area contributed by atoms with E-state index in [0.717, 1.165) is 12.1 Å². The first-order chi connectivity index (χ1) is 16.9. The number of hydrogen-bond acceptors (Lipinski definition) is 2. The highest BCUT2D eigenvalue weighted by Crippen LogP contribution is 2.65. The zero-order valence-corrected chi connectivity index (χ0v) is 20.7. The first-order valence-electron chi connectivity index (χ1n) is 10.5. The van der Waals surface area contributed by atoms with E-state index in [4.69, 9.17) is 34.8 Å². The van der Waals surface area contributed by atoms with Gasteiger partial charge in [0.1, 0.15) is 16.0 Å². The second kappa shape index (κ2) is 9.92. The summed E-state index contributed by atoms with van der Waals surface area (Å²) < 4.78 is 51.6. The molecule has 1 N–H and O–H groups in total. The number of carbonyl (C=O) groups is 2. The molecule has 4 nitrogen and oxygen atoms in total. The summed E-state index contributed by atoms with van der Waals surface area (Å²) in [5.74, 6) is -4.52. The van der Waals surface area contributed by atoms with E-state index in [2.05, 4.69) is 5.32 Å². The normalized spacial score (nSPS) is 18.1. The van der Waals surface area contributed by atoms with Crippen LogP contribution in [0.1, 0.15) is 33.8 Å². The standard InChI is InChI=1S/C25H17Cl3F4N2O2/c1-34(17-5-2-14(29)3-6-17)24(36)18-11-16(4-7-19(18)26)33-23(35)21-20(25(21,27)28)12-8-13(22(31)32)10-15(30)9-12/h2-11,20-22H,1H3,(H,33,35)/t20-,21+/m0/s1. The minimum absolute atomic E-state index is 0.0587. The van der Waals surface area contributed by atoms with E-state index in [1.807, 2.05) is 0 Å². The molecule has 0 radical (unpaired) electrons. The third-order valence-electron chi connectivity index (χ3n) is 5.87. The molecule has 4 rings (SSSR count). The van der Waals surface area contributed by atoms with Crippen molar-refractivity contribution in [2.45, 2.75) is 16.7 Å². The maximum atomic E-state index is 13.9. The largest absolute Gasteiger partial charge is 0.326 e. The predicted molar refractivity (Wildman–Crippen MR) is 131 cm³/mol. The van der Waals surface area contributed by atoms with Crippen LogP contribution in [0.25, 0.3) is 0 Å². The van der Waals surface area contributed by atoms with Crippen molar-refractivity contribution in [2.75, 3.05) is 17.3 Å². The van der Waals surface area contributed by atoms with E-state index in [0.29, 0.717) is 11.8 Å².